The number of nitrogens with zero attached hydrogens (tertiary/aromatic N) is 1. The number of amides is 2. The van der Waals surface area contributed by atoms with E-state index < -0.39 is 14.3 Å². The molecule has 7 heteroatoms. The lowest BCUT2D eigenvalue weighted by Gasteiger charge is -2.29. The summed E-state index contributed by atoms with van der Waals surface area (Å²) in [7, 11) is 1.87. The van der Waals surface area contributed by atoms with Crippen LogP contribution in [0.5, 0.6) is 0 Å². The van der Waals surface area contributed by atoms with Gasteiger partial charge in [0.15, 0.2) is 0 Å². The third-order valence-corrected chi connectivity index (χ3v) is 6.53. The first-order valence-electron chi connectivity index (χ1n) is 7.26. The molecule has 3 rings (SSSR count). The molecule has 2 amide bonds. The van der Waals surface area contributed by atoms with Crippen LogP contribution in [0.4, 0.5) is 0 Å². The zero-order valence-electron chi connectivity index (χ0n) is 11.9. The lowest BCUT2D eigenvalue weighted by molar-refractivity contribution is 0.0617. The van der Waals surface area contributed by atoms with Crippen LogP contribution in [0.1, 0.15) is 46.4 Å². The van der Waals surface area contributed by atoms with Gasteiger partial charge in [-0.1, -0.05) is 12.1 Å². The van der Waals surface area contributed by atoms with Crippen LogP contribution in [0, 0.1) is 5.92 Å². The fourth-order valence-corrected chi connectivity index (χ4v) is 4.63. The van der Waals surface area contributed by atoms with Crippen LogP contribution in [0.3, 0.4) is 0 Å². The highest BCUT2D eigenvalue weighted by atomic mass is 35.7. The lowest BCUT2D eigenvalue weighted by atomic mass is 9.88. The van der Waals surface area contributed by atoms with Crippen LogP contribution >= 0.6 is 10.7 Å². The van der Waals surface area contributed by atoms with Crippen molar-refractivity contribution in [3.63, 3.8) is 0 Å². The molecule has 118 valence electrons. The summed E-state index contributed by atoms with van der Waals surface area (Å²) in [5.41, 5.74) is 0.897. The minimum absolute atomic E-state index is 0.136. The molecule has 0 unspecified atom stereocenters. The molecule has 1 aliphatic heterocycles. The van der Waals surface area contributed by atoms with E-state index in [1.165, 1.54) is 4.90 Å². The van der Waals surface area contributed by atoms with Crippen LogP contribution in [0.15, 0.2) is 24.3 Å². The first kappa shape index (κ1) is 15.5. The fourth-order valence-electron chi connectivity index (χ4n) is 3.26. The van der Waals surface area contributed by atoms with E-state index in [-0.39, 0.29) is 17.7 Å². The first-order chi connectivity index (χ1) is 10.4. The number of benzene rings is 1. The summed E-state index contributed by atoms with van der Waals surface area (Å²) in [4.78, 5) is 25.9. The fraction of sp³-hybridized carbons (Fsp3) is 0.467. The summed E-state index contributed by atoms with van der Waals surface area (Å²) >= 11 is 0. The Morgan fingerprint density at radius 1 is 1.00 bits per heavy atom. The van der Waals surface area contributed by atoms with Crippen LogP contribution in [0.2, 0.25) is 0 Å². The molecule has 1 heterocycles. The predicted molar refractivity (Wildman–Crippen MR) is 82.3 cm³/mol. The van der Waals surface area contributed by atoms with Crippen molar-refractivity contribution in [2.24, 2.45) is 5.92 Å². The Kier molecular flexibility index (Phi) is 3.99. The van der Waals surface area contributed by atoms with Gasteiger partial charge >= 0.3 is 0 Å². The second-order valence-corrected chi connectivity index (χ2v) is 8.79. The maximum atomic E-state index is 12.3. The highest BCUT2D eigenvalue weighted by Gasteiger charge is 2.38. The lowest BCUT2D eigenvalue weighted by Crippen LogP contribution is -2.37. The van der Waals surface area contributed by atoms with E-state index in [4.69, 9.17) is 10.7 Å². The molecule has 5 nitrogen and oxygen atoms in total. The number of rotatable bonds is 3. The summed E-state index contributed by atoms with van der Waals surface area (Å²) in [5.74, 6) is -0.378. The topological polar surface area (TPSA) is 71.5 Å². The van der Waals surface area contributed by atoms with Gasteiger partial charge in [-0.2, -0.15) is 0 Å². The van der Waals surface area contributed by atoms with Gasteiger partial charge in [-0.3, -0.25) is 14.5 Å². The molecule has 1 aromatic rings. The number of hydrogen-bond donors (Lipinski definition) is 0. The van der Waals surface area contributed by atoms with Crippen molar-refractivity contribution in [1.82, 2.24) is 4.90 Å². The Hall–Kier alpha value is -1.40. The summed E-state index contributed by atoms with van der Waals surface area (Å²) in [6.07, 6.45) is 2.29. The van der Waals surface area contributed by atoms with Crippen LogP contribution in [-0.4, -0.2) is 36.9 Å². The number of halogens is 1. The average molecular weight is 342 g/mol. The molecular formula is C15H16ClNO4S. The summed E-state index contributed by atoms with van der Waals surface area (Å²) < 4.78 is 22.7. The quantitative estimate of drug-likeness (QED) is 0.625. The van der Waals surface area contributed by atoms with Crippen LogP contribution < -0.4 is 0 Å². The Bertz CT molecular complexity index is 688. The zero-order valence-corrected chi connectivity index (χ0v) is 13.4. The monoisotopic (exact) mass is 341 g/mol. The Balaban J connectivity index is 1.67. The molecule has 0 N–H and O–H groups in total. The average Bonchev–Trinajstić information content (AvgIpc) is 2.73. The summed E-state index contributed by atoms with van der Waals surface area (Å²) in [6.45, 7) is 0.349. The minimum atomic E-state index is -3.52. The van der Waals surface area contributed by atoms with Gasteiger partial charge in [-0.15, -0.1) is 0 Å². The molecule has 0 spiro atoms. The van der Waals surface area contributed by atoms with Crippen molar-refractivity contribution in [2.75, 3.05) is 6.54 Å². The van der Waals surface area contributed by atoms with Gasteiger partial charge in [-0.25, -0.2) is 8.42 Å². The third kappa shape index (κ3) is 2.77. The van der Waals surface area contributed by atoms with Crippen molar-refractivity contribution in [2.45, 2.75) is 30.9 Å². The molecule has 0 saturated heterocycles. The Morgan fingerprint density at radius 2 is 1.50 bits per heavy atom. The summed E-state index contributed by atoms with van der Waals surface area (Å²) in [6, 6.07) is 6.80. The van der Waals surface area contributed by atoms with Gasteiger partial charge in [0.1, 0.15) is 0 Å². The molecule has 0 atom stereocenters. The van der Waals surface area contributed by atoms with Crippen LogP contribution in [0.25, 0.3) is 0 Å². The molecule has 1 fully saturated rings. The highest BCUT2D eigenvalue weighted by Crippen LogP contribution is 2.32. The predicted octanol–water partition coefficient (Wildman–Crippen LogP) is 2.41. The molecule has 1 aromatic carbocycles. The second-order valence-electron chi connectivity index (χ2n) is 5.88. The Labute approximate surface area is 133 Å². The maximum Gasteiger partial charge on any atom is 0.261 e. The smallest absolute Gasteiger partial charge is 0.261 e. The van der Waals surface area contributed by atoms with E-state index in [9.17, 15) is 18.0 Å². The van der Waals surface area contributed by atoms with Crippen LogP contribution in [-0.2, 0) is 9.05 Å². The molecule has 1 aliphatic carbocycles. The van der Waals surface area contributed by atoms with Gasteiger partial charge in [0.25, 0.3) is 11.8 Å². The standard InChI is InChI=1S/C15H16ClNO4S/c16-22(20,21)11-7-5-10(6-8-11)9-17-14(18)12-3-1-2-4-13(12)15(17)19/h1-4,10-11H,5-9H2. The van der Waals surface area contributed by atoms with Crippen molar-refractivity contribution in [3.8, 4) is 0 Å². The number of carbonyl (C=O) groups is 2. The molecule has 0 bridgehead atoms. The van der Waals surface area contributed by atoms with Gasteiger partial charge in [-0.05, 0) is 43.7 Å². The molecular weight excluding hydrogens is 326 g/mol. The number of imide groups is 1. The second kappa shape index (κ2) is 5.66. The van der Waals surface area contributed by atoms with E-state index in [2.05, 4.69) is 0 Å². The normalized spacial score (nSPS) is 25.4. The molecule has 1 saturated carbocycles. The minimum Gasteiger partial charge on any atom is -0.274 e. The maximum absolute atomic E-state index is 12.3. The van der Waals surface area contributed by atoms with Crippen molar-refractivity contribution in [3.05, 3.63) is 35.4 Å². The SMILES string of the molecule is O=C1c2ccccc2C(=O)N1CC1CCC(S(=O)(=O)Cl)CC1. The highest BCUT2D eigenvalue weighted by molar-refractivity contribution is 8.14. The number of hydrogen-bond acceptors (Lipinski definition) is 4. The van der Waals surface area contributed by atoms with Crippen molar-refractivity contribution in [1.29, 1.82) is 0 Å². The van der Waals surface area contributed by atoms with E-state index in [1.807, 2.05) is 0 Å². The zero-order chi connectivity index (χ0) is 15.9. The van der Waals surface area contributed by atoms with Gasteiger partial charge in [0, 0.05) is 17.2 Å². The first-order valence-corrected chi connectivity index (χ1v) is 9.64. The Morgan fingerprint density at radius 3 is 1.95 bits per heavy atom. The number of fused-ring (bicyclic) bond motifs is 1. The largest absolute Gasteiger partial charge is 0.274 e. The van der Waals surface area contributed by atoms with Crippen molar-refractivity contribution >= 4 is 31.5 Å². The van der Waals surface area contributed by atoms with E-state index >= 15 is 0 Å². The van der Waals surface area contributed by atoms with E-state index in [0.717, 1.165) is 0 Å². The third-order valence-electron chi connectivity index (χ3n) is 4.51. The van der Waals surface area contributed by atoms with E-state index in [1.54, 1.807) is 24.3 Å². The van der Waals surface area contributed by atoms with E-state index in [0.29, 0.717) is 43.4 Å². The summed E-state index contributed by atoms with van der Waals surface area (Å²) in [5, 5.41) is -0.507. The molecule has 0 radical (unpaired) electrons. The van der Waals surface area contributed by atoms with Gasteiger partial charge in [0.2, 0.25) is 9.05 Å². The number of carbonyl (C=O) groups excluding carboxylic acids is 2. The van der Waals surface area contributed by atoms with Gasteiger partial charge in [0.05, 0.1) is 16.4 Å². The van der Waals surface area contributed by atoms with Crippen molar-refractivity contribution < 1.29 is 18.0 Å². The van der Waals surface area contributed by atoms with Gasteiger partial charge < -0.3 is 0 Å². The molecule has 22 heavy (non-hydrogen) atoms. The molecule has 0 aromatic heterocycles. The molecule has 2 aliphatic rings.